The second-order valence-electron chi connectivity index (χ2n) is 10.5. The van der Waals surface area contributed by atoms with Gasteiger partial charge in [-0.2, -0.15) is 0 Å². The van der Waals surface area contributed by atoms with E-state index in [1.807, 2.05) is 12.1 Å². The molecule has 1 saturated carbocycles. The molecule has 1 heterocycles. The molecule has 0 spiro atoms. The van der Waals surface area contributed by atoms with E-state index in [1.54, 1.807) is 0 Å². The molecular weight excluding hydrogens is 394 g/mol. The number of carbonyl (C=O) groups excluding carboxylic acids is 1. The van der Waals surface area contributed by atoms with Gasteiger partial charge < -0.3 is 14.8 Å². The molecule has 0 radical (unpaired) electrons. The van der Waals surface area contributed by atoms with Gasteiger partial charge in [0, 0.05) is 30.6 Å². The van der Waals surface area contributed by atoms with Crippen LogP contribution in [0.1, 0.15) is 79.5 Å². The summed E-state index contributed by atoms with van der Waals surface area (Å²) in [6, 6.07) is 13.2. The Labute approximate surface area is 192 Å². The zero-order valence-corrected chi connectivity index (χ0v) is 19.4. The Balaban J connectivity index is 1.48. The molecule has 170 valence electrons. The Morgan fingerprint density at radius 3 is 2.38 bits per heavy atom. The highest BCUT2D eigenvalue weighted by Crippen LogP contribution is 2.49. The van der Waals surface area contributed by atoms with Gasteiger partial charge in [-0.25, -0.2) is 0 Å². The first-order valence-corrected chi connectivity index (χ1v) is 12.8. The molecule has 32 heavy (non-hydrogen) atoms. The number of hydrogen-bond donors (Lipinski definition) is 1. The molecule has 2 aromatic carbocycles. The molecule has 2 fully saturated rings. The number of aldehydes is 1. The fourth-order valence-electron chi connectivity index (χ4n) is 6.80. The van der Waals surface area contributed by atoms with E-state index in [0.717, 1.165) is 44.6 Å². The Bertz CT molecular complexity index is 954. The van der Waals surface area contributed by atoms with Gasteiger partial charge in [0.05, 0.1) is 0 Å². The Morgan fingerprint density at radius 2 is 1.66 bits per heavy atom. The van der Waals surface area contributed by atoms with E-state index in [4.69, 9.17) is 0 Å². The number of piperidine rings is 1. The van der Waals surface area contributed by atoms with Crippen LogP contribution in [0, 0.1) is 24.7 Å². The minimum atomic E-state index is 0.234. The molecule has 3 nitrogen and oxygen atoms in total. The molecule has 3 aliphatic rings. The smallest absolute Gasteiger partial charge is 0.123 e. The number of phenolic OH excluding ortho intramolecular Hbond substituents is 1. The lowest BCUT2D eigenvalue weighted by Gasteiger charge is -2.41. The minimum Gasteiger partial charge on any atom is -0.508 e. The van der Waals surface area contributed by atoms with Crippen LogP contribution in [0.2, 0.25) is 0 Å². The molecule has 3 heteroatoms. The predicted octanol–water partition coefficient (Wildman–Crippen LogP) is 6.39. The molecule has 0 unspecified atom stereocenters. The number of phenols is 1. The summed E-state index contributed by atoms with van der Waals surface area (Å²) in [6.07, 6.45) is 12.3. The van der Waals surface area contributed by atoms with Crippen LogP contribution in [0.3, 0.4) is 0 Å². The quantitative estimate of drug-likeness (QED) is 0.570. The average Bonchev–Trinajstić information content (AvgIpc) is 2.84. The number of nitrogens with zero attached hydrogens (tertiary/aromatic N) is 1. The fourth-order valence-corrected chi connectivity index (χ4v) is 6.80. The van der Waals surface area contributed by atoms with Crippen molar-refractivity contribution in [2.75, 3.05) is 18.0 Å². The summed E-state index contributed by atoms with van der Waals surface area (Å²) in [6.45, 7) is 4.22. The first kappa shape index (κ1) is 21.6. The largest absolute Gasteiger partial charge is 0.508 e. The minimum absolute atomic E-state index is 0.234. The van der Waals surface area contributed by atoms with Gasteiger partial charge in [0.15, 0.2) is 0 Å². The molecular formula is C29H37NO2. The molecule has 0 amide bonds. The second kappa shape index (κ2) is 9.29. The summed E-state index contributed by atoms with van der Waals surface area (Å²) in [5.74, 6) is 2.57. The number of aromatic hydroxyl groups is 1. The topological polar surface area (TPSA) is 40.5 Å². The van der Waals surface area contributed by atoms with Crippen LogP contribution in [-0.4, -0.2) is 24.5 Å². The number of rotatable bonds is 4. The molecule has 5 rings (SSSR count). The molecule has 2 aromatic rings. The summed E-state index contributed by atoms with van der Waals surface area (Å²) in [7, 11) is 0. The molecule has 0 bridgehead atoms. The third-order valence-corrected chi connectivity index (χ3v) is 8.58. The first-order chi connectivity index (χ1) is 15.6. The number of anilines is 1. The van der Waals surface area contributed by atoms with Crippen molar-refractivity contribution in [3.63, 3.8) is 0 Å². The summed E-state index contributed by atoms with van der Waals surface area (Å²) in [4.78, 5) is 13.6. The van der Waals surface area contributed by atoms with Crippen molar-refractivity contribution in [3.05, 3.63) is 58.7 Å². The number of hydrogen-bond acceptors (Lipinski definition) is 3. The highest BCUT2D eigenvalue weighted by atomic mass is 16.3. The number of aryl methyl sites for hydroxylation is 2. The average molecular weight is 432 g/mol. The maximum Gasteiger partial charge on any atom is 0.123 e. The molecule has 0 aromatic heterocycles. The van der Waals surface area contributed by atoms with Crippen molar-refractivity contribution >= 4 is 12.0 Å². The SMILES string of the molecule is Cc1cc(N2CCC(C=O)CC2)ccc1[C@H]1c2ccc(O)cc2CC[C@H]1C1CCCCC1. The first-order valence-electron chi connectivity index (χ1n) is 12.8. The lowest BCUT2D eigenvalue weighted by atomic mass is 9.63. The van der Waals surface area contributed by atoms with Crippen LogP contribution in [0.15, 0.2) is 36.4 Å². The molecule has 1 aliphatic heterocycles. The van der Waals surface area contributed by atoms with Crippen LogP contribution in [0.4, 0.5) is 5.69 Å². The van der Waals surface area contributed by atoms with Crippen molar-refractivity contribution < 1.29 is 9.90 Å². The van der Waals surface area contributed by atoms with Crippen molar-refractivity contribution in [1.82, 2.24) is 0 Å². The molecule has 1 N–H and O–H groups in total. The van der Waals surface area contributed by atoms with Crippen molar-refractivity contribution in [2.45, 2.75) is 70.6 Å². The van der Waals surface area contributed by atoms with Gasteiger partial charge in [-0.1, -0.05) is 44.2 Å². The summed E-state index contributed by atoms with van der Waals surface area (Å²) in [5, 5.41) is 10.1. The van der Waals surface area contributed by atoms with Crippen LogP contribution in [0.5, 0.6) is 5.75 Å². The third-order valence-electron chi connectivity index (χ3n) is 8.58. The number of fused-ring (bicyclic) bond motifs is 1. The van der Waals surface area contributed by atoms with Gasteiger partial charge in [0.2, 0.25) is 0 Å². The Hall–Kier alpha value is -2.29. The van der Waals surface area contributed by atoms with Crippen molar-refractivity contribution in [3.8, 4) is 5.75 Å². The van der Waals surface area contributed by atoms with Crippen molar-refractivity contribution in [1.29, 1.82) is 0 Å². The normalized spacial score (nSPS) is 24.8. The van der Waals surface area contributed by atoms with E-state index >= 15 is 0 Å². The third kappa shape index (κ3) is 4.19. The zero-order chi connectivity index (χ0) is 22.1. The second-order valence-corrected chi connectivity index (χ2v) is 10.5. The van der Waals surface area contributed by atoms with Crippen LogP contribution >= 0.6 is 0 Å². The Morgan fingerprint density at radius 1 is 0.906 bits per heavy atom. The highest BCUT2D eigenvalue weighted by Gasteiger charge is 2.37. The summed E-state index contributed by atoms with van der Waals surface area (Å²) in [5.41, 5.74) is 6.92. The van der Waals surface area contributed by atoms with Crippen LogP contribution in [-0.2, 0) is 11.2 Å². The lowest BCUT2D eigenvalue weighted by molar-refractivity contribution is -0.111. The number of carbonyl (C=O) groups is 1. The van der Waals surface area contributed by atoms with E-state index in [2.05, 4.69) is 36.1 Å². The lowest BCUT2D eigenvalue weighted by Crippen LogP contribution is -2.34. The van der Waals surface area contributed by atoms with Gasteiger partial charge in [0.25, 0.3) is 0 Å². The predicted molar refractivity (Wildman–Crippen MR) is 131 cm³/mol. The van der Waals surface area contributed by atoms with Gasteiger partial charge in [-0.05, 0) is 91.0 Å². The van der Waals surface area contributed by atoms with E-state index in [-0.39, 0.29) is 5.92 Å². The van der Waals surface area contributed by atoms with Gasteiger partial charge in [-0.15, -0.1) is 0 Å². The van der Waals surface area contributed by atoms with Gasteiger partial charge >= 0.3 is 0 Å². The van der Waals surface area contributed by atoms with Crippen LogP contribution < -0.4 is 4.90 Å². The molecule has 2 atom stereocenters. The maximum atomic E-state index is 11.1. The standard InChI is InChI=1S/C29H37NO2/c1-20-17-24(30-15-13-21(19-31)14-16-30)8-11-26(20)29-27(22-5-3-2-4-6-22)10-7-23-18-25(32)9-12-28(23)29/h8-9,11-12,17-19,21-22,27,29,32H,2-7,10,13-16H2,1H3/t27-,29+/m0/s1. The van der Waals surface area contributed by atoms with Gasteiger partial charge in [-0.3, -0.25) is 0 Å². The monoisotopic (exact) mass is 431 g/mol. The molecule has 2 aliphatic carbocycles. The highest BCUT2D eigenvalue weighted by molar-refractivity contribution is 5.57. The summed E-state index contributed by atoms with van der Waals surface area (Å²) < 4.78 is 0. The van der Waals surface area contributed by atoms with Crippen LogP contribution in [0.25, 0.3) is 0 Å². The van der Waals surface area contributed by atoms with Gasteiger partial charge in [0.1, 0.15) is 12.0 Å². The molecule has 1 saturated heterocycles. The van der Waals surface area contributed by atoms with E-state index in [0.29, 0.717) is 17.6 Å². The fraction of sp³-hybridized carbons (Fsp3) is 0.552. The van der Waals surface area contributed by atoms with E-state index < -0.39 is 0 Å². The maximum absolute atomic E-state index is 11.1. The number of benzene rings is 2. The van der Waals surface area contributed by atoms with E-state index in [1.165, 1.54) is 66.5 Å². The van der Waals surface area contributed by atoms with E-state index in [9.17, 15) is 9.90 Å². The summed E-state index contributed by atoms with van der Waals surface area (Å²) >= 11 is 0. The Kier molecular flexibility index (Phi) is 6.26. The zero-order valence-electron chi connectivity index (χ0n) is 19.4. The van der Waals surface area contributed by atoms with Crippen molar-refractivity contribution in [2.24, 2.45) is 17.8 Å².